The largest absolute Gasteiger partial charge is 0.484 e. The lowest BCUT2D eigenvalue weighted by Gasteiger charge is -2.32. The van der Waals surface area contributed by atoms with E-state index in [1.807, 2.05) is 30.3 Å². The number of benzene rings is 2. The number of rotatable bonds is 6. The van der Waals surface area contributed by atoms with Crippen LogP contribution in [0.5, 0.6) is 5.75 Å². The van der Waals surface area contributed by atoms with E-state index in [-0.39, 0.29) is 30.2 Å². The molecule has 3 aromatic rings. The van der Waals surface area contributed by atoms with Crippen molar-refractivity contribution in [2.24, 2.45) is 0 Å². The van der Waals surface area contributed by atoms with Crippen molar-refractivity contribution in [3.63, 3.8) is 0 Å². The number of ether oxygens (including phenoxy) is 1. The lowest BCUT2D eigenvalue weighted by atomic mass is 9.97. The standard InChI is InChI=1S/C25H25FN4O3/c1-17-22(25(32)29-20-7-3-2-4-8-20)14-27-24(28-17)18-6-5-13-30(15-18)23(31)16-33-21-11-9-19(26)10-12-21/h2-4,7-12,14,18H,5-6,13,15-16H2,1H3,(H,29,32)/t18-/m0/s1. The minimum Gasteiger partial charge on any atom is -0.484 e. The Morgan fingerprint density at radius 2 is 1.91 bits per heavy atom. The molecule has 1 atom stereocenters. The highest BCUT2D eigenvalue weighted by atomic mass is 19.1. The van der Waals surface area contributed by atoms with Crippen molar-refractivity contribution in [1.82, 2.24) is 14.9 Å². The fourth-order valence-corrected chi connectivity index (χ4v) is 3.81. The van der Waals surface area contributed by atoms with Crippen molar-refractivity contribution >= 4 is 17.5 Å². The van der Waals surface area contributed by atoms with E-state index < -0.39 is 0 Å². The van der Waals surface area contributed by atoms with E-state index in [0.29, 0.717) is 41.6 Å². The van der Waals surface area contributed by atoms with E-state index in [4.69, 9.17) is 4.74 Å². The van der Waals surface area contributed by atoms with Crippen molar-refractivity contribution in [3.8, 4) is 5.75 Å². The van der Waals surface area contributed by atoms with Crippen LogP contribution in [0.3, 0.4) is 0 Å². The van der Waals surface area contributed by atoms with Crippen molar-refractivity contribution in [1.29, 1.82) is 0 Å². The Balaban J connectivity index is 1.37. The maximum Gasteiger partial charge on any atom is 0.260 e. The van der Waals surface area contributed by atoms with Crippen molar-refractivity contribution in [3.05, 3.63) is 83.7 Å². The highest BCUT2D eigenvalue weighted by molar-refractivity contribution is 6.04. The Kier molecular flexibility index (Phi) is 6.92. The van der Waals surface area contributed by atoms with Crippen molar-refractivity contribution in [2.45, 2.75) is 25.7 Å². The number of aromatic nitrogens is 2. The number of nitrogens with zero attached hydrogens (tertiary/aromatic N) is 3. The van der Waals surface area contributed by atoms with Gasteiger partial charge in [0, 0.05) is 30.9 Å². The molecule has 7 nitrogen and oxygen atoms in total. The van der Waals surface area contributed by atoms with Crippen molar-refractivity contribution in [2.75, 3.05) is 25.0 Å². The summed E-state index contributed by atoms with van der Waals surface area (Å²) in [5.74, 6) is 0.301. The molecular formula is C25H25FN4O3. The van der Waals surface area contributed by atoms with Gasteiger partial charge in [-0.15, -0.1) is 0 Å². The molecule has 0 bridgehead atoms. The van der Waals surface area contributed by atoms with Gasteiger partial charge in [-0.1, -0.05) is 18.2 Å². The van der Waals surface area contributed by atoms with Gasteiger partial charge >= 0.3 is 0 Å². The van der Waals surface area contributed by atoms with Gasteiger partial charge in [0.1, 0.15) is 17.4 Å². The Hall–Kier alpha value is -3.81. The summed E-state index contributed by atoms with van der Waals surface area (Å²) in [7, 11) is 0. The molecule has 1 saturated heterocycles. The first-order valence-corrected chi connectivity index (χ1v) is 10.9. The molecule has 0 saturated carbocycles. The van der Waals surface area contributed by atoms with Gasteiger partial charge in [0.25, 0.3) is 11.8 Å². The summed E-state index contributed by atoms with van der Waals surface area (Å²) in [6.45, 7) is 2.80. The molecule has 2 heterocycles. The first-order valence-electron chi connectivity index (χ1n) is 10.9. The summed E-state index contributed by atoms with van der Waals surface area (Å²) in [5.41, 5.74) is 1.71. The Labute approximate surface area is 191 Å². The topological polar surface area (TPSA) is 84.4 Å². The summed E-state index contributed by atoms with van der Waals surface area (Å²) < 4.78 is 18.5. The van der Waals surface area contributed by atoms with Gasteiger partial charge in [-0.2, -0.15) is 0 Å². The predicted molar refractivity (Wildman–Crippen MR) is 122 cm³/mol. The molecule has 0 radical (unpaired) electrons. The number of piperidine rings is 1. The quantitative estimate of drug-likeness (QED) is 0.617. The lowest BCUT2D eigenvalue weighted by Crippen LogP contribution is -2.42. The molecule has 2 amide bonds. The second-order valence-corrected chi connectivity index (χ2v) is 7.97. The number of anilines is 1. The van der Waals surface area contributed by atoms with Gasteiger partial charge in [-0.25, -0.2) is 14.4 Å². The molecule has 170 valence electrons. The van der Waals surface area contributed by atoms with Crippen molar-refractivity contribution < 1.29 is 18.7 Å². The van der Waals surface area contributed by atoms with Crippen LogP contribution in [0.4, 0.5) is 10.1 Å². The monoisotopic (exact) mass is 448 g/mol. The zero-order valence-electron chi connectivity index (χ0n) is 18.3. The number of likely N-dealkylation sites (tertiary alicyclic amines) is 1. The maximum atomic E-state index is 13.0. The third-order valence-electron chi connectivity index (χ3n) is 5.59. The number of amides is 2. The summed E-state index contributed by atoms with van der Waals surface area (Å²) in [5, 5.41) is 2.84. The van der Waals surface area contributed by atoms with Crippen LogP contribution < -0.4 is 10.1 Å². The van der Waals surface area contributed by atoms with Gasteiger partial charge < -0.3 is 15.0 Å². The van der Waals surface area contributed by atoms with E-state index in [0.717, 1.165) is 12.8 Å². The minimum atomic E-state index is -0.355. The second-order valence-electron chi connectivity index (χ2n) is 7.97. The smallest absolute Gasteiger partial charge is 0.260 e. The van der Waals surface area contributed by atoms with E-state index in [2.05, 4.69) is 15.3 Å². The van der Waals surface area contributed by atoms with E-state index in [1.165, 1.54) is 24.3 Å². The number of para-hydroxylation sites is 1. The zero-order valence-corrected chi connectivity index (χ0v) is 18.3. The number of carbonyl (C=O) groups is 2. The Morgan fingerprint density at radius 3 is 2.64 bits per heavy atom. The molecule has 33 heavy (non-hydrogen) atoms. The number of nitrogens with one attached hydrogen (secondary N) is 1. The molecule has 0 unspecified atom stereocenters. The summed E-state index contributed by atoms with van der Waals surface area (Å²) in [6.07, 6.45) is 3.23. The van der Waals surface area contributed by atoms with Gasteiger partial charge in [0.15, 0.2) is 6.61 Å². The molecule has 1 aliphatic heterocycles. The fraction of sp³-hybridized carbons (Fsp3) is 0.280. The SMILES string of the molecule is Cc1nc([C@H]2CCCN(C(=O)COc3ccc(F)cc3)C2)ncc1C(=O)Nc1ccccc1. The molecule has 1 N–H and O–H groups in total. The number of hydrogen-bond donors (Lipinski definition) is 1. The second kappa shape index (κ2) is 10.2. The molecule has 1 aromatic heterocycles. The molecular weight excluding hydrogens is 423 g/mol. The fourth-order valence-electron chi connectivity index (χ4n) is 3.81. The van der Waals surface area contributed by atoms with E-state index in [9.17, 15) is 14.0 Å². The van der Waals surface area contributed by atoms with Gasteiger partial charge in [-0.3, -0.25) is 9.59 Å². The number of halogens is 1. The van der Waals surface area contributed by atoms with Crippen LogP contribution in [0.1, 0.15) is 40.6 Å². The molecule has 8 heteroatoms. The average Bonchev–Trinajstić information content (AvgIpc) is 2.84. The van der Waals surface area contributed by atoms with Crippen LogP contribution >= 0.6 is 0 Å². The van der Waals surface area contributed by atoms with Crippen LogP contribution in [-0.2, 0) is 4.79 Å². The first kappa shape index (κ1) is 22.4. The number of aryl methyl sites for hydroxylation is 1. The third kappa shape index (κ3) is 5.71. The lowest BCUT2D eigenvalue weighted by molar-refractivity contribution is -0.134. The molecule has 1 fully saturated rings. The van der Waals surface area contributed by atoms with Gasteiger partial charge in [0.2, 0.25) is 0 Å². The maximum absolute atomic E-state index is 13.0. The van der Waals surface area contributed by atoms with Crippen LogP contribution in [0.2, 0.25) is 0 Å². The molecule has 2 aromatic carbocycles. The molecule has 0 spiro atoms. The summed E-state index contributed by atoms with van der Waals surface area (Å²) in [6, 6.07) is 14.8. The normalized spacial score (nSPS) is 15.7. The average molecular weight is 448 g/mol. The molecule has 0 aliphatic carbocycles. The minimum absolute atomic E-state index is 0.0153. The molecule has 4 rings (SSSR count). The van der Waals surface area contributed by atoms with E-state index in [1.54, 1.807) is 18.0 Å². The van der Waals surface area contributed by atoms with Gasteiger partial charge in [0.05, 0.1) is 11.3 Å². The zero-order chi connectivity index (χ0) is 23.2. The van der Waals surface area contributed by atoms with Gasteiger partial charge in [-0.05, 0) is 56.2 Å². The Morgan fingerprint density at radius 1 is 1.15 bits per heavy atom. The van der Waals surface area contributed by atoms with E-state index >= 15 is 0 Å². The first-order chi connectivity index (χ1) is 16.0. The Bertz CT molecular complexity index is 1120. The van der Waals surface area contributed by atoms with Crippen LogP contribution in [0.15, 0.2) is 60.8 Å². The summed E-state index contributed by atoms with van der Waals surface area (Å²) in [4.78, 5) is 36.0. The van der Waals surface area contributed by atoms with Crippen LogP contribution in [-0.4, -0.2) is 46.4 Å². The van der Waals surface area contributed by atoms with Crippen LogP contribution in [0.25, 0.3) is 0 Å². The highest BCUT2D eigenvalue weighted by Crippen LogP contribution is 2.25. The number of hydrogen-bond acceptors (Lipinski definition) is 5. The third-order valence-corrected chi connectivity index (χ3v) is 5.59. The highest BCUT2D eigenvalue weighted by Gasteiger charge is 2.27. The molecule has 1 aliphatic rings. The summed E-state index contributed by atoms with van der Waals surface area (Å²) >= 11 is 0. The number of carbonyl (C=O) groups excluding carboxylic acids is 2. The van der Waals surface area contributed by atoms with Crippen LogP contribution in [0, 0.1) is 12.7 Å². The predicted octanol–water partition coefficient (Wildman–Crippen LogP) is 3.96.